The standard InChI is InChI=1S/C12H10ClNO/c1-7-3-4-9-11(5-7)14-6-10(8(2)15)12(9)13/h3-6H,1-2H3. The Morgan fingerprint density at radius 2 is 2.13 bits per heavy atom. The molecule has 0 aliphatic heterocycles. The van der Waals surface area contributed by atoms with E-state index in [0.717, 1.165) is 16.5 Å². The maximum absolute atomic E-state index is 11.3. The number of carbonyl (C=O) groups is 1. The lowest BCUT2D eigenvalue weighted by atomic mass is 10.1. The van der Waals surface area contributed by atoms with Gasteiger partial charge >= 0.3 is 0 Å². The molecule has 15 heavy (non-hydrogen) atoms. The Hall–Kier alpha value is -1.41. The topological polar surface area (TPSA) is 30.0 Å². The first kappa shape index (κ1) is 10.1. The van der Waals surface area contributed by atoms with E-state index in [1.165, 1.54) is 13.1 Å². The number of pyridine rings is 1. The molecule has 0 spiro atoms. The number of halogens is 1. The molecule has 1 aromatic carbocycles. The zero-order valence-electron chi connectivity index (χ0n) is 8.54. The molecule has 0 fully saturated rings. The van der Waals surface area contributed by atoms with Crippen LogP contribution in [0.15, 0.2) is 24.4 Å². The van der Waals surface area contributed by atoms with Crippen LogP contribution in [0.25, 0.3) is 10.9 Å². The van der Waals surface area contributed by atoms with E-state index in [4.69, 9.17) is 11.6 Å². The third-order valence-electron chi connectivity index (χ3n) is 2.34. The van der Waals surface area contributed by atoms with Crippen LogP contribution >= 0.6 is 11.6 Å². The second-order valence-electron chi connectivity index (χ2n) is 3.56. The third-order valence-corrected chi connectivity index (χ3v) is 2.75. The van der Waals surface area contributed by atoms with E-state index < -0.39 is 0 Å². The Labute approximate surface area is 92.9 Å². The largest absolute Gasteiger partial charge is 0.294 e. The zero-order chi connectivity index (χ0) is 11.0. The van der Waals surface area contributed by atoms with E-state index in [1.54, 1.807) is 0 Å². The van der Waals surface area contributed by atoms with Crippen molar-refractivity contribution in [3.63, 3.8) is 0 Å². The smallest absolute Gasteiger partial charge is 0.162 e. The molecular formula is C12H10ClNO. The van der Waals surface area contributed by atoms with Gasteiger partial charge in [0.25, 0.3) is 0 Å². The van der Waals surface area contributed by atoms with Crippen molar-refractivity contribution in [2.24, 2.45) is 0 Å². The van der Waals surface area contributed by atoms with Gasteiger partial charge < -0.3 is 0 Å². The SMILES string of the molecule is CC(=O)c1cnc2cc(C)ccc2c1Cl. The molecule has 3 heteroatoms. The molecular weight excluding hydrogens is 210 g/mol. The van der Waals surface area contributed by atoms with Crippen molar-refractivity contribution in [1.29, 1.82) is 0 Å². The van der Waals surface area contributed by atoms with Gasteiger partial charge in [0.1, 0.15) is 0 Å². The van der Waals surface area contributed by atoms with Gasteiger partial charge in [0.15, 0.2) is 5.78 Å². The number of benzene rings is 1. The molecule has 76 valence electrons. The Morgan fingerprint density at radius 3 is 2.80 bits per heavy atom. The van der Waals surface area contributed by atoms with Crippen LogP contribution in [-0.2, 0) is 0 Å². The zero-order valence-corrected chi connectivity index (χ0v) is 9.30. The fraction of sp³-hybridized carbons (Fsp3) is 0.167. The Balaban J connectivity index is 2.80. The summed E-state index contributed by atoms with van der Waals surface area (Å²) in [5, 5.41) is 1.32. The summed E-state index contributed by atoms with van der Waals surface area (Å²) in [5.74, 6) is -0.0602. The summed E-state index contributed by atoms with van der Waals surface area (Å²) in [7, 11) is 0. The van der Waals surface area contributed by atoms with Crippen LogP contribution in [0.3, 0.4) is 0 Å². The molecule has 0 radical (unpaired) electrons. The summed E-state index contributed by atoms with van der Waals surface area (Å²) in [4.78, 5) is 15.5. The molecule has 2 aromatic rings. The fourth-order valence-electron chi connectivity index (χ4n) is 1.52. The molecule has 0 bridgehead atoms. The van der Waals surface area contributed by atoms with E-state index in [0.29, 0.717) is 10.6 Å². The van der Waals surface area contributed by atoms with Crippen molar-refractivity contribution in [3.05, 3.63) is 40.5 Å². The molecule has 2 rings (SSSR count). The average Bonchev–Trinajstić information content (AvgIpc) is 2.17. The van der Waals surface area contributed by atoms with Crippen LogP contribution in [0.5, 0.6) is 0 Å². The minimum Gasteiger partial charge on any atom is -0.294 e. The van der Waals surface area contributed by atoms with Gasteiger partial charge in [-0.05, 0) is 25.5 Å². The second kappa shape index (κ2) is 3.63. The maximum Gasteiger partial charge on any atom is 0.162 e. The normalized spacial score (nSPS) is 10.6. The van der Waals surface area contributed by atoms with Gasteiger partial charge in [-0.25, -0.2) is 0 Å². The maximum atomic E-state index is 11.3. The van der Waals surface area contributed by atoms with E-state index in [9.17, 15) is 4.79 Å². The highest BCUT2D eigenvalue weighted by molar-refractivity contribution is 6.38. The predicted molar refractivity (Wildman–Crippen MR) is 61.5 cm³/mol. The number of hydrogen-bond acceptors (Lipinski definition) is 2. The van der Waals surface area contributed by atoms with E-state index in [-0.39, 0.29) is 5.78 Å². The summed E-state index contributed by atoms with van der Waals surface area (Å²) in [5.41, 5.74) is 2.43. The number of aryl methyl sites for hydroxylation is 1. The summed E-state index contributed by atoms with van der Waals surface area (Å²) in [6.07, 6.45) is 1.53. The lowest BCUT2D eigenvalue weighted by Crippen LogP contribution is -1.95. The summed E-state index contributed by atoms with van der Waals surface area (Å²) in [6, 6.07) is 5.80. The highest BCUT2D eigenvalue weighted by Gasteiger charge is 2.09. The van der Waals surface area contributed by atoms with Crippen molar-refractivity contribution in [2.75, 3.05) is 0 Å². The quantitative estimate of drug-likeness (QED) is 0.688. The number of carbonyl (C=O) groups excluding carboxylic acids is 1. The highest BCUT2D eigenvalue weighted by atomic mass is 35.5. The van der Waals surface area contributed by atoms with Crippen molar-refractivity contribution >= 4 is 28.3 Å². The molecule has 1 aromatic heterocycles. The molecule has 0 atom stereocenters. The second-order valence-corrected chi connectivity index (χ2v) is 3.94. The fourth-order valence-corrected chi connectivity index (χ4v) is 1.86. The van der Waals surface area contributed by atoms with Gasteiger partial charge in [0, 0.05) is 11.6 Å². The number of Topliss-reactive ketones (excluding diaryl/α,β-unsaturated/α-hetero) is 1. The number of nitrogens with zero attached hydrogens (tertiary/aromatic N) is 1. The first-order valence-corrected chi connectivity index (χ1v) is 5.03. The molecule has 0 unspecified atom stereocenters. The first-order valence-electron chi connectivity index (χ1n) is 4.65. The van der Waals surface area contributed by atoms with Crippen LogP contribution in [0, 0.1) is 6.92 Å². The average molecular weight is 220 g/mol. The van der Waals surface area contributed by atoms with Crippen LogP contribution in [0.4, 0.5) is 0 Å². The van der Waals surface area contributed by atoms with E-state index in [2.05, 4.69) is 4.98 Å². The van der Waals surface area contributed by atoms with Crippen molar-refractivity contribution < 1.29 is 4.79 Å². The van der Waals surface area contributed by atoms with Gasteiger partial charge in [-0.15, -0.1) is 0 Å². The lowest BCUT2D eigenvalue weighted by molar-refractivity contribution is 0.101. The monoisotopic (exact) mass is 219 g/mol. The molecule has 2 nitrogen and oxygen atoms in total. The van der Waals surface area contributed by atoms with E-state index in [1.807, 2.05) is 25.1 Å². The van der Waals surface area contributed by atoms with Crippen LogP contribution < -0.4 is 0 Å². The summed E-state index contributed by atoms with van der Waals surface area (Å²) < 4.78 is 0. The van der Waals surface area contributed by atoms with Crippen molar-refractivity contribution in [1.82, 2.24) is 4.98 Å². The van der Waals surface area contributed by atoms with Gasteiger partial charge in [0.2, 0.25) is 0 Å². The van der Waals surface area contributed by atoms with Crippen molar-refractivity contribution in [3.8, 4) is 0 Å². The Bertz CT molecular complexity index is 549. The van der Waals surface area contributed by atoms with E-state index >= 15 is 0 Å². The molecule has 1 heterocycles. The van der Waals surface area contributed by atoms with Gasteiger partial charge in [-0.3, -0.25) is 9.78 Å². The number of hydrogen-bond donors (Lipinski definition) is 0. The Morgan fingerprint density at radius 1 is 1.40 bits per heavy atom. The molecule has 0 aliphatic carbocycles. The Kier molecular flexibility index (Phi) is 2.45. The molecule has 0 N–H and O–H groups in total. The molecule has 0 amide bonds. The first-order chi connectivity index (χ1) is 7.09. The minimum atomic E-state index is -0.0602. The third kappa shape index (κ3) is 1.73. The van der Waals surface area contributed by atoms with Gasteiger partial charge in [0.05, 0.1) is 16.1 Å². The number of fused-ring (bicyclic) bond motifs is 1. The lowest BCUT2D eigenvalue weighted by Gasteiger charge is -2.04. The highest BCUT2D eigenvalue weighted by Crippen LogP contribution is 2.26. The number of aromatic nitrogens is 1. The van der Waals surface area contributed by atoms with Gasteiger partial charge in [-0.1, -0.05) is 23.7 Å². The van der Waals surface area contributed by atoms with Crippen molar-refractivity contribution in [2.45, 2.75) is 13.8 Å². The van der Waals surface area contributed by atoms with Crippen LogP contribution in [0.1, 0.15) is 22.8 Å². The molecule has 0 aliphatic rings. The molecule has 0 saturated carbocycles. The number of rotatable bonds is 1. The van der Waals surface area contributed by atoms with Crippen LogP contribution in [-0.4, -0.2) is 10.8 Å². The summed E-state index contributed by atoms with van der Waals surface area (Å²) in [6.45, 7) is 3.48. The minimum absolute atomic E-state index is 0.0602. The predicted octanol–water partition coefficient (Wildman–Crippen LogP) is 3.40. The number of ketones is 1. The molecule has 0 saturated heterocycles. The van der Waals surface area contributed by atoms with Gasteiger partial charge in [-0.2, -0.15) is 0 Å². The van der Waals surface area contributed by atoms with Crippen LogP contribution in [0.2, 0.25) is 5.02 Å². The summed E-state index contributed by atoms with van der Waals surface area (Å²) >= 11 is 6.13.